The van der Waals surface area contributed by atoms with Crippen LogP contribution in [0.5, 0.6) is 5.75 Å². The van der Waals surface area contributed by atoms with Gasteiger partial charge in [0.05, 0.1) is 6.61 Å². The van der Waals surface area contributed by atoms with Crippen molar-refractivity contribution in [1.29, 1.82) is 0 Å². The Balaban J connectivity index is 2.41. The molecule has 2 rings (SSSR count). The third-order valence-electron chi connectivity index (χ3n) is 2.55. The molecule has 0 aliphatic carbocycles. The van der Waals surface area contributed by atoms with E-state index in [0.29, 0.717) is 6.61 Å². The van der Waals surface area contributed by atoms with Gasteiger partial charge < -0.3 is 9.72 Å². The molecule has 3 nitrogen and oxygen atoms in total. The Bertz CT molecular complexity index is 572. The molecule has 0 fully saturated rings. The molecule has 3 heteroatoms. The highest BCUT2D eigenvalue weighted by Gasteiger charge is 2.03. The third-order valence-corrected chi connectivity index (χ3v) is 2.55. The Kier molecular flexibility index (Phi) is 3.28. The SMILES string of the molecule is CCOc1ccc(-c2cccc(=O)[nH]2)cc1C. The number of rotatable bonds is 3. The Morgan fingerprint density at radius 3 is 2.71 bits per heavy atom. The highest BCUT2D eigenvalue weighted by atomic mass is 16.5. The Hall–Kier alpha value is -2.03. The summed E-state index contributed by atoms with van der Waals surface area (Å²) in [4.78, 5) is 14.0. The van der Waals surface area contributed by atoms with Gasteiger partial charge in [-0.2, -0.15) is 0 Å². The van der Waals surface area contributed by atoms with Crippen LogP contribution >= 0.6 is 0 Å². The fraction of sp³-hybridized carbons (Fsp3) is 0.214. The van der Waals surface area contributed by atoms with Crippen LogP contribution in [0.3, 0.4) is 0 Å². The van der Waals surface area contributed by atoms with E-state index >= 15 is 0 Å². The first-order valence-electron chi connectivity index (χ1n) is 5.64. The highest BCUT2D eigenvalue weighted by molar-refractivity contribution is 5.61. The van der Waals surface area contributed by atoms with E-state index in [-0.39, 0.29) is 5.56 Å². The summed E-state index contributed by atoms with van der Waals surface area (Å²) in [5.41, 5.74) is 2.79. The molecule has 0 radical (unpaired) electrons. The molecular weight excluding hydrogens is 214 g/mol. The van der Waals surface area contributed by atoms with E-state index in [0.717, 1.165) is 22.6 Å². The molecule has 0 aliphatic rings. The van der Waals surface area contributed by atoms with Gasteiger partial charge in [0, 0.05) is 11.8 Å². The number of aromatic amines is 1. The maximum absolute atomic E-state index is 11.2. The number of H-pyrrole nitrogens is 1. The lowest BCUT2D eigenvalue weighted by atomic mass is 10.1. The summed E-state index contributed by atoms with van der Waals surface area (Å²) in [6.45, 7) is 4.61. The monoisotopic (exact) mass is 229 g/mol. The van der Waals surface area contributed by atoms with Crippen molar-refractivity contribution in [3.8, 4) is 17.0 Å². The van der Waals surface area contributed by atoms with Gasteiger partial charge in [-0.1, -0.05) is 6.07 Å². The van der Waals surface area contributed by atoms with Crippen molar-refractivity contribution >= 4 is 0 Å². The average molecular weight is 229 g/mol. The topological polar surface area (TPSA) is 42.1 Å². The van der Waals surface area contributed by atoms with Crippen LogP contribution in [0.15, 0.2) is 41.2 Å². The molecule has 0 unspecified atom stereocenters. The third kappa shape index (κ3) is 2.56. The van der Waals surface area contributed by atoms with Crippen molar-refractivity contribution in [2.75, 3.05) is 6.61 Å². The van der Waals surface area contributed by atoms with Gasteiger partial charge in [-0.3, -0.25) is 4.79 Å². The lowest BCUT2D eigenvalue weighted by Gasteiger charge is -2.09. The number of aromatic nitrogens is 1. The predicted molar refractivity (Wildman–Crippen MR) is 68.4 cm³/mol. The molecule has 1 heterocycles. The molecule has 0 saturated carbocycles. The van der Waals surface area contributed by atoms with Crippen molar-refractivity contribution in [2.24, 2.45) is 0 Å². The number of benzene rings is 1. The van der Waals surface area contributed by atoms with Gasteiger partial charge in [-0.05, 0) is 49.2 Å². The van der Waals surface area contributed by atoms with Crippen molar-refractivity contribution < 1.29 is 4.74 Å². The van der Waals surface area contributed by atoms with Gasteiger partial charge in [-0.15, -0.1) is 0 Å². The van der Waals surface area contributed by atoms with Crippen molar-refractivity contribution in [1.82, 2.24) is 4.98 Å². The van der Waals surface area contributed by atoms with E-state index in [2.05, 4.69) is 4.98 Å². The van der Waals surface area contributed by atoms with Crippen LogP contribution in [-0.4, -0.2) is 11.6 Å². The first-order valence-corrected chi connectivity index (χ1v) is 5.64. The summed E-state index contributed by atoms with van der Waals surface area (Å²) in [6, 6.07) is 11.0. The lowest BCUT2D eigenvalue weighted by Crippen LogP contribution is -2.03. The number of hydrogen-bond donors (Lipinski definition) is 1. The molecule has 17 heavy (non-hydrogen) atoms. The second kappa shape index (κ2) is 4.87. The van der Waals surface area contributed by atoms with E-state index in [1.165, 1.54) is 6.07 Å². The summed E-state index contributed by atoms with van der Waals surface area (Å²) in [5.74, 6) is 0.884. The molecule has 2 aromatic rings. The zero-order valence-electron chi connectivity index (χ0n) is 9.99. The molecule has 88 valence electrons. The standard InChI is InChI=1S/C14H15NO2/c1-3-17-13-8-7-11(9-10(13)2)12-5-4-6-14(16)15-12/h4-9H,3H2,1-2H3,(H,15,16). The van der Waals surface area contributed by atoms with Crippen LogP contribution in [0.2, 0.25) is 0 Å². The van der Waals surface area contributed by atoms with E-state index < -0.39 is 0 Å². The molecule has 1 aromatic heterocycles. The zero-order valence-corrected chi connectivity index (χ0v) is 9.99. The fourth-order valence-electron chi connectivity index (χ4n) is 1.75. The highest BCUT2D eigenvalue weighted by Crippen LogP contribution is 2.24. The minimum absolute atomic E-state index is 0.0889. The van der Waals surface area contributed by atoms with Crippen molar-refractivity contribution in [3.05, 3.63) is 52.3 Å². The minimum Gasteiger partial charge on any atom is -0.494 e. The van der Waals surface area contributed by atoms with Crippen LogP contribution in [0.4, 0.5) is 0 Å². The Morgan fingerprint density at radius 2 is 2.06 bits per heavy atom. The number of pyridine rings is 1. The maximum Gasteiger partial charge on any atom is 0.248 e. The van der Waals surface area contributed by atoms with Gasteiger partial charge in [0.1, 0.15) is 5.75 Å². The average Bonchev–Trinajstić information content (AvgIpc) is 2.32. The molecule has 0 bridgehead atoms. The summed E-state index contributed by atoms with van der Waals surface area (Å²) in [6.07, 6.45) is 0. The van der Waals surface area contributed by atoms with Crippen molar-refractivity contribution in [3.63, 3.8) is 0 Å². The number of ether oxygens (including phenoxy) is 1. The predicted octanol–water partition coefficient (Wildman–Crippen LogP) is 2.75. The molecular formula is C14H15NO2. The molecule has 1 N–H and O–H groups in total. The van der Waals surface area contributed by atoms with Crippen LogP contribution in [-0.2, 0) is 0 Å². The Labute approximate surface area is 100 Å². The number of hydrogen-bond acceptors (Lipinski definition) is 2. The molecule has 0 atom stereocenters. The molecule has 0 spiro atoms. The van der Waals surface area contributed by atoms with E-state index in [4.69, 9.17) is 4.74 Å². The molecule has 0 saturated heterocycles. The smallest absolute Gasteiger partial charge is 0.248 e. The quantitative estimate of drug-likeness (QED) is 0.879. The zero-order chi connectivity index (χ0) is 12.3. The summed E-state index contributed by atoms with van der Waals surface area (Å²) < 4.78 is 5.48. The van der Waals surface area contributed by atoms with Crippen LogP contribution < -0.4 is 10.3 Å². The van der Waals surface area contributed by atoms with Crippen LogP contribution in [0.25, 0.3) is 11.3 Å². The summed E-state index contributed by atoms with van der Waals surface area (Å²) in [7, 11) is 0. The van der Waals surface area contributed by atoms with Gasteiger partial charge in [0.2, 0.25) is 5.56 Å². The molecule has 0 aliphatic heterocycles. The maximum atomic E-state index is 11.2. The van der Waals surface area contributed by atoms with Crippen molar-refractivity contribution in [2.45, 2.75) is 13.8 Å². The summed E-state index contributed by atoms with van der Waals surface area (Å²) in [5, 5.41) is 0. The van der Waals surface area contributed by atoms with Gasteiger partial charge in [0.15, 0.2) is 0 Å². The van der Waals surface area contributed by atoms with Gasteiger partial charge >= 0.3 is 0 Å². The Morgan fingerprint density at radius 1 is 1.24 bits per heavy atom. The normalized spacial score (nSPS) is 10.2. The van der Waals surface area contributed by atoms with Gasteiger partial charge in [0.25, 0.3) is 0 Å². The second-order valence-corrected chi connectivity index (χ2v) is 3.84. The van der Waals surface area contributed by atoms with Crippen LogP contribution in [0.1, 0.15) is 12.5 Å². The first kappa shape index (κ1) is 11.5. The van der Waals surface area contributed by atoms with E-state index in [1.807, 2.05) is 38.1 Å². The molecule has 0 amide bonds. The summed E-state index contributed by atoms with van der Waals surface area (Å²) >= 11 is 0. The van der Waals surface area contributed by atoms with Gasteiger partial charge in [-0.25, -0.2) is 0 Å². The number of aryl methyl sites for hydroxylation is 1. The lowest BCUT2D eigenvalue weighted by molar-refractivity contribution is 0.338. The first-order chi connectivity index (χ1) is 8.20. The largest absolute Gasteiger partial charge is 0.494 e. The fourth-order valence-corrected chi connectivity index (χ4v) is 1.75. The van der Waals surface area contributed by atoms with E-state index in [1.54, 1.807) is 6.07 Å². The minimum atomic E-state index is -0.0889. The number of nitrogens with one attached hydrogen (secondary N) is 1. The van der Waals surface area contributed by atoms with Crippen LogP contribution in [0, 0.1) is 6.92 Å². The molecule has 1 aromatic carbocycles. The second-order valence-electron chi connectivity index (χ2n) is 3.84. The van der Waals surface area contributed by atoms with E-state index in [9.17, 15) is 4.79 Å².